The van der Waals surface area contributed by atoms with E-state index in [1.54, 1.807) is 12.1 Å². The first kappa shape index (κ1) is 18.7. The average Bonchev–Trinajstić information content (AvgIpc) is 2.36. The molecule has 1 aliphatic heterocycles. The Hall–Kier alpha value is -0.260. The van der Waals surface area contributed by atoms with Crippen LogP contribution < -0.4 is 5.32 Å². The first-order chi connectivity index (χ1) is 8.22. The van der Waals surface area contributed by atoms with Crippen LogP contribution in [0.3, 0.4) is 0 Å². The minimum atomic E-state index is -0.443. The fourth-order valence-electron chi connectivity index (χ4n) is 2.12. The zero-order valence-corrected chi connectivity index (χ0v) is 12.7. The van der Waals surface area contributed by atoms with Gasteiger partial charge in [-0.25, -0.2) is 4.39 Å². The van der Waals surface area contributed by atoms with Crippen LogP contribution in [0.15, 0.2) is 18.2 Å². The summed E-state index contributed by atoms with van der Waals surface area (Å²) >= 11 is 5.85. The fraction of sp³-hybridized carbons (Fsp3) is 0.500. The molecule has 0 radical (unpaired) electrons. The number of piperazine rings is 1. The second-order valence-corrected chi connectivity index (χ2v) is 4.57. The van der Waals surface area contributed by atoms with E-state index in [9.17, 15) is 9.50 Å². The molecular weight excluding hydrogens is 314 g/mol. The lowest BCUT2D eigenvalue weighted by Crippen LogP contribution is -2.45. The number of nitrogens with zero attached hydrogens (tertiary/aromatic N) is 1. The van der Waals surface area contributed by atoms with Crippen LogP contribution in [0, 0.1) is 0 Å². The maximum atomic E-state index is 13.2. The van der Waals surface area contributed by atoms with Crippen molar-refractivity contribution in [2.24, 2.45) is 0 Å². The van der Waals surface area contributed by atoms with Gasteiger partial charge in [-0.15, -0.1) is 24.8 Å². The number of aromatic hydroxyl groups is 1. The third-order valence-corrected chi connectivity index (χ3v) is 3.40. The molecule has 1 saturated heterocycles. The van der Waals surface area contributed by atoms with E-state index in [0.717, 1.165) is 31.7 Å². The molecule has 7 heteroatoms. The minimum absolute atomic E-state index is 0. The van der Waals surface area contributed by atoms with Crippen molar-refractivity contribution in [2.75, 3.05) is 32.9 Å². The highest BCUT2D eigenvalue weighted by Crippen LogP contribution is 2.29. The molecule has 1 aromatic rings. The van der Waals surface area contributed by atoms with Gasteiger partial charge in [0.2, 0.25) is 0 Å². The van der Waals surface area contributed by atoms with Crippen molar-refractivity contribution in [3.05, 3.63) is 28.8 Å². The smallest absolute Gasteiger partial charge is 0.134 e. The van der Waals surface area contributed by atoms with Crippen molar-refractivity contribution in [3.63, 3.8) is 0 Å². The Morgan fingerprint density at radius 1 is 1.32 bits per heavy atom. The molecule has 0 unspecified atom stereocenters. The molecule has 1 aliphatic rings. The van der Waals surface area contributed by atoms with Crippen LogP contribution in [0.5, 0.6) is 5.75 Å². The molecule has 0 amide bonds. The Kier molecular flexibility index (Phi) is 8.70. The van der Waals surface area contributed by atoms with Crippen LogP contribution in [0.1, 0.15) is 11.6 Å². The summed E-state index contributed by atoms with van der Waals surface area (Å²) in [6.45, 7) is 2.96. The zero-order valence-electron chi connectivity index (χ0n) is 10.3. The van der Waals surface area contributed by atoms with E-state index in [0.29, 0.717) is 0 Å². The van der Waals surface area contributed by atoms with E-state index < -0.39 is 6.67 Å². The Labute approximate surface area is 129 Å². The monoisotopic (exact) mass is 330 g/mol. The largest absolute Gasteiger partial charge is 0.506 e. The molecule has 0 bridgehead atoms. The van der Waals surface area contributed by atoms with Crippen molar-refractivity contribution in [1.82, 2.24) is 10.2 Å². The number of phenols is 1. The molecule has 0 saturated carbocycles. The van der Waals surface area contributed by atoms with Gasteiger partial charge in [0.25, 0.3) is 0 Å². The summed E-state index contributed by atoms with van der Waals surface area (Å²) in [7, 11) is 0. The van der Waals surface area contributed by atoms with Crippen LogP contribution in [-0.4, -0.2) is 42.9 Å². The topological polar surface area (TPSA) is 35.5 Å². The molecule has 19 heavy (non-hydrogen) atoms. The lowest BCUT2D eigenvalue weighted by atomic mass is 10.1. The molecule has 110 valence electrons. The highest BCUT2D eigenvalue weighted by molar-refractivity contribution is 6.32. The van der Waals surface area contributed by atoms with Gasteiger partial charge < -0.3 is 10.4 Å². The number of phenolic OH excluding ortho intramolecular Hbond substituents is 1. The van der Waals surface area contributed by atoms with Crippen LogP contribution in [-0.2, 0) is 0 Å². The Morgan fingerprint density at radius 2 is 1.95 bits per heavy atom. The quantitative estimate of drug-likeness (QED) is 0.894. The van der Waals surface area contributed by atoms with E-state index in [2.05, 4.69) is 10.2 Å². The number of rotatable bonds is 3. The summed E-state index contributed by atoms with van der Waals surface area (Å²) in [5.74, 6) is 0.0355. The van der Waals surface area contributed by atoms with E-state index in [1.165, 1.54) is 6.07 Å². The molecule has 0 spiro atoms. The second kappa shape index (κ2) is 8.82. The van der Waals surface area contributed by atoms with E-state index in [-0.39, 0.29) is 41.6 Å². The summed E-state index contributed by atoms with van der Waals surface area (Å²) in [6.07, 6.45) is 0. The van der Waals surface area contributed by atoms with Crippen LogP contribution in [0.4, 0.5) is 4.39 Å². The molecule has 1 heterocycles. The van der Waals surface area contributed by atoms with Gasteiger partial charge in [-0.2, -0.15) is 0 Å². The molecule has 1 fully saturated rings. The third-order valence-electron chi connectivity index (χ3n) is 3.10. The Balaban J connectivity index is 0.00000162. The van der Waals surface area contributed by atoms with Gasteiger partial charge in [-0.05, 0) is 17.7 Å². The standard InChI is InChI=1S/C12H16ClFN2O.2ClH/c13-10-7-9(1-2-12(10)17)11(8-14)16-5-3-15-4-6-16;;/h1-2,7,11,15,17H,3-6,8H2;2*1H/t11-;;/m1../s1. The number of benzene rings is 1. The van der Waals surface area contributed by atoms with Crippen molar-refractivity contribution in [3.8, 4) is 5.75 Å². The first-order valence-electron chi connectivity index (χ1n) is 5.71. The minimum Gasteiger partial charge on any atom is -0.506 e. The highest BCUT2D eigenvalue weighted by Gasteiger charge is 2.22. The molecule has 0 aromatic heterocycles. The second-order valence-electron chi connectivity index (χ2n) is 4.17. The number of alkyl halides is 1. The maximum absolute atomic E-state index is 13.2. The van der Waals surface area contributed by atoms with E-state index >= 15 is 0 Å². The van der Waals surface area contributed by atoms with Crippen molar-refractivity contribution >= 4 is 36.4 Å². The average molecular weight is 332 g/mol. The number of halogens is 4. The SMILES string of the molecule is Cl.Cl.Oc1ccc([C@@H](CF)N2CCNCC2)cc1Cl. The lowest BCUT2D eigenvalue weighted by molar-refractivity contribution is 0.147. The lowest BCUT2D eigenvalue weighted by Gasteiger charge is -2.33. The van der Waals surface area contributed by atoms with Gasteiger partial charge >= 0.3 is 0 Å². The number of nitrogens with one attached hydrogen (secondary N) is 1. The van der Waals surface area contributed by atoms with Gasteiger partial charge in [0.1, 0.15) is 12.4 Å². The zero-order chi connectivity index (χ0) is 12.3. The molecule has 1 atom stereocenters. The van der Waals surface area contributed by atoms with Crippen molar-refractivity contribution in [2.45, 2.75) is 6.04 Å². The Morgan fingerprint density at radius 3 is 2.47 bits per heavy atom. The predicted molar refractivity (Wildman–Crippen MR) is 80.8 cm³/mol. The van der Waals surface area contributed by atoms with Crippen LogP contribution in [0.2, 0.25) is 5.02 Å². The molecule has 2 rings (SSSR count). The molecular formula is C12H18Cl3FN2O. The summed E-state index contributed by atoms with van der Waals surface area (Å²) in [5.41, 5.74) is 0.817. The number of hydrogen-bond acceptors (Lipinski definition) is 3. The summed E-state index contributed by atoms with van der Waals surface area (Å²) in [5, 5.41) is 12.9. The molecule has 2 N–H and O–H groups in total. The van der Waals surface area contributed by atoms with Gasteiger partial charge in [0.05, 0.1) is 11.1 Å². The molecule has 3 nitrogen and oxygen atoms in total. The van der Waals surface area contributed by atoms with Gasteiger partial charge in [0.15, 0.2) is 0 Å². The van der Waals surface area contributed by atoms with Gasteiger partial charge in [-0.1, -0.05) is 17.7 Å². The summed E-state index contributed by atoms with van der Waals surface area (Å²) in [6, 6.07) is 4.62. The van der Waals surface area contributed by atoms with E-state index in [1.807, 2.05) is 0 Å². The third kappa shape index (κ3) is 4.65. The fourth-order valence-corrected chi connectivity index (χ4v) is 2.31. The van der Waals surface area contributed by atoms with Crippen molar-refractivity contribution < 1.29 is 9.50 Å². The summed E-state index contributed by atoms with van der Waals surface area (Å²) < 4.78 is 13.2. The first-order valence-corrected chi connectivity index (χ1v) is 6.09. The maximum Gasteiger partial charge on any atom is 0.134 e. The van der Waals surface area contributed by atoms with Crippen molar-refractivity contribution in [1.29, 1.82) is 0 Å². The predicted octanol–water partition coefficient (Wildman–Crippen LogP) is 2.81. The highest BCUT2D eigenvalue weighted by atomic mass is 35.5. The van der Waals surface area contributed by atoms with Crippen LogP contribution in [0.25, 0.3) is 0 Å². The van der Waals surface area contributed by atoms with Gasteiger partial charge in [0, 0.05) is 26.2 Å². The van der Waals surface area contributed by atoms with Crippen LogP contribution >= 0.6 is 36.4 Å². The summed E-state index contributed by atoms with van der Waals surface area (Å²) in [4.78, 5) is 2.10. The van der Waals surface area contributed by atoms with Gasteiger partial charge in [-0.3, -0.25) is 4.90 Å². The normalized spacial score (nSPS) is 17.2. The Bertz CT molecular complexity index is 389. The number of hydrogen-bond donors (Lipinski definition) is 2. The molecule has 1 aromatic carbocycles. The van der Waals surface area contributed by atoms with E-state index in [4.69, 9.17) is 11.6 Å². The molecule has 0 aliphatic carbocycles.